The Bertz CT molecular complexity index is 350. The van der Waals surface area contributed by atoms with Crippen molar-refractivity contribution in [2.24, 2.45) is 5.92 Å². The van der Waals surface area contributed by atoms with Gasteiger partial charge in [-0.05, 0) is 26.0 Å². The lowest BCUT2D eigenvalue weighted by molar-refractivity contribution is 0.0697. The molecule has 96 valence electrons. The van der Waals surface area contributed by atoms with E-state index >= 15 is 0 Å². The first-order valence-electron chi connectivity index (χ1n) is 6.09. The summed E-state index contributed by atoms with van der Waals surface area (Å²) >= 11 is 0. The molecule has 1 aromatic carbocycles. The molecule has 0 bridgehead atoms. The second-order valence-electron chi connectivity index (χ2n) is 4.76. The quantitative estimate of drug-likeness (QED) is 0.796. The molecular weight excluding hydrogens is 214 g/mol. The van der Waals surface area contributed by atoms with Gasteiger partial charge in [-0.2, -0.15) is 0 Å². The van der Waals surface area contributed by atoms with Crippen molar-refractivity contribution in [3.8, 4) is 5.75 Å². The van der Waals surface area contributed by atoms with Crippen LogP contribution in [0.4, 0.5) is 0 Å². The van der Waals surface area contributed by atoms with Crippen LogP contribution in [0.15, 0.2) is 18.2 Å². The van der Waals surface area contributed by atoms with Crippen LogP contribution in [0.5, 0.6) is 5.75 Å². The Balaban J connectivity index is 2.69. The summed E-state index contributed by atoms with van der Waals surface area (Å²) in [5.41, 5.74) is 2.34. The highest BCUT2D eigenvalue weighted by molar-refractivity contribution is 5.36. The lowest BCUT2D eigenvalue weighted by Gasteiger charge is -2.17. The fourth-order valence-electron chi connectivity index (χ4n) is 1.55. The van der Waals surface area contributed by atoms with Crippen molar-refractivity contribution in [3.05, 3.63) is 29.3 Å². The van der Waals surface area contributed by atoms with Crippen LogP contribution in [0.1, 0.15) is 25.0 Å². The van der Waals surface area contributed by atoms with Gasteiger partial charge in [0, 0.05) is 12.1 Å². The van der Waals surface area contributed by atoms with Gasteiger partial charge in [0.1, 0.15) is 12.4 Å². The van der Waals surface area contributed by atoms with E-state index in [0.717, 1.165) is 17.9 Å². The fraction of sp³-hybridized carbons (Fsp3) is 0.571. The van der Waals surface area contributed by atoms with Gasteiger partial charge in [-0.25, -0.2) is 0 Å². The number of rotatable bonds is 6. The zero-order chi connectivity index (χ0) is 12.8. The zero-order valence-electron chi connectivity index (χ0n) is 11.2. The van der Waals surface area contributed by atoms with Gasteiger partial charge in [0.2, 0.25) is 0 Å². The SMILES string of the molecule is CNCc1cc(C)ccc1OCC(O)C(C)C. The smallest absolute Gasteiger partial charge is 0.123 e. The van der Waals surface area contributed by atoms with Gasteiger partial charge >= 0.3 is 0 Å². The van der Waals surface area contributed by atoms with E-state index in [4.69, 9.17) is 4.74 Å². The standard InChI is InChI=1S/C14H23NO2/c1-10(2)13(16)9-17-14-6-5-11(3)7-12(14)8-15-4/h5-7,10,13,15-16H,8-9H2,1-4H3. The van der Waals surface area contributed by atoms with Crippen molar-refractivity contribution in [3.63, 3.8) is 0 Å². The number of aliphatic hydroxyl groups excluding tert-OH is 1. The molecule has 3 nitrogen and oxygen atoms in total. The largest absolute Gasteiger partial charge is 0.491 e. The van der Waals surface area contributed by atoms with E-state index in [0.29, 0.717) is 6.61 Å². The number of hydrogen-bond donors (Lipinski definition) is 2. The number of hydrogen-bond acceptors (Lipinski definition) is 3. The monoisotopic (exact) mass is 237 g/mol. The third kappa shape index (κ3) is 4.36. The summed E-state index contributed by atoms with van der Waals surface area (Å²) in [6, 6.07) is 6.10. The molecule has 0 heterocycles. The summed E-state index contributed by atoms with van der Waals surface area (Å²) in [6.07, 6.45) is -0.418. The molecule has 0 spiro atoms. The molecule has 0 saturated heterocycles. The van der Waals surface area contributed by atoms with E-state index in [1.165, 1.54) is 5.56 Å². The predicted octanol–water partition coefficient (Wildman–Crippen LogP) is 2.11. The maximum Gasteiger partial charge on any atom is 0.123 e. The van der Waals surface area contributed by atoms with Crippen molar-refractivity contribution in [1.82, 2.24) is 5.32 Å². The summed E-state index contributed by atoms with van der Waals surface area (Å²) < 4.78 is 5.68. The molecule has 1 aromatic rings. The molecule has 0 fully saturated rings. The Morgan fingerprint density at radius 2 is 2.06 bits per heavy atom. The first-order valence-corrected chi connectivity index (χ1v) is 6.09. The van der Waals surface area contributed by atoms with Crippen LogP contribution in [0, 0.1) is 12.8 Å². The zero-order valence-corrected chi connectivity index (χ0v) is 11.2. The highest BCUT2D eigenvalue weighted by Crippen LogP contribution is 2.20. The molecule has 0 amide bonds. The molecular formula is C14H23NO2. The normalized spacial score (nSPS) is 12.8. The van der Waals surface area contributed by atoms with E-state index in [1.54, 1.807) is 0 Å². The second kappa shape index (κ2) is 6.62. The molecule has 3 heteroatoms. The number of aliphatic hydroxyl groups is 1. The Labute approximate surface area is 104 Å². The molecule has 0 aromatic heterocycles. The highest BCUT2D eigenvalue weighted by atomic mass is 16.5. The van der Waals surface area contributed by atoms with Crippen molar-refractivity contribution in [1.29, 1.82) is 0 Å². The first kappa shape index (κ1) is 14.0. The Morgan fingerprint density at radius 1 is 1.35 bits per heavy atom. The Kier molecular flexibility index (Phi) is 5.45. The number of ether oxygens (including phenoxy) is 1. The third-order valence-corrected chi connectivity index (χ3v) is 2.76. The summed E-state index contributed by atoms with van der Waals surface area (Å²) in [7, 11) is 1.91. The average Bonchev–Trinajstić information content (AvgIpc) is 2.28. The average molecular weight is 237 g/mol. The van der Waals surface area contributed by atoms with Crippen LogP contribution < -0.4 is 10.1 Å². The molecule has 0 aliphatic heterocycles. The predicted molar refractivity (Wildman–Crippen MR) is 70.3 cm³/mol. The van der Waals surface area contributed by atoms with E-state index in [2.05, 4.69) is 18.3 Å². The van der Waals surface area contributed by atoms with Gasteiger partial charge in [0.15, 0.2) is 0 Å². The molecule has 17 heavy (non-hydrogen) atoms. The molecule has 0 aliphatic carbocycles. The minimum absolute atomic E-state index is 0.216. The van der Waals surface area contributed by atoms with Crippen LogP contribution >= 0.6 is 0 Å². The van der Waals surface area contributed by atoms with Crippen LogP contribution in [0.25, 0.3) is 0 Å². The van der Waals surface area contributed by atoms with Crippen molar-refractivity contribution in [2.75, 3.05) is 13.7 Å². The topological polar surface area (TPSA) is 41.5 Å². The molecule has 0 aliphatic rings. The molecule has 1 atom stereocenters. The third-order valence-electron chi connectivity index (χ3n) is 2.76. The molecule has 0 radical (unpaired) electrons. The minimum atomic E-state index is -0.418. The summed E-state index contributed by atoms with van der Waals surface area (Å²) in [5, 5.41) is 12.8. The number of nitrogens with one attached hydrogen (secondary N) is 1. The molecule has 1 rings (SSSR count). The summed E-state index contributed by atoms with van der Waals surface area (Å²) in [6.45, 7) is 7.15. The minimum Gasteiger partial charge on any atom is -0.491 e. The van der Waals surface area contributed by atoms with Crippen LogP contribution in [0.3, 0.4) is 0 Å². The Morgan fingerprint density at radius 3 is 2.65 bits per heavy atom. The van der Waals surface area contributed by atoms with E-state index < -0.39 is 6.10 Å². The first-order chi connectivity index (χ1) is 8.04. The molecule has 0 saturated carbocycles. The number of benzene rings is 1. The van der Waals surface area contributed by atoms with Crippen molar-refractivity contribution in [2.45, 2.75) is 33.4 Å². The van der Waals surface area contributed by atoms with Gasteiger partial charge in [-0.15, -0.1) is 0 Å². The van der Waals surface area contributed by atoms with Gasteiger partial charge in [-0.3, -0.25) is 0 Å². The fourth-order valence-corrected chi connectivity index (χ4v) is 1.55. The Hall–Kier alpha value is -1.06. The maximum atomic E-state index is 9.72. The maximum absolute atomic E-state index is 9.72. The highest BCUT2D eigenvalue weighted by Gasteiger charge is 2.11. The van der Waals surface area contributed by atoms with Gasteiger partial charge in [0.25, 0.3) is 0 Å². The van der Waals surface area contributed by atoms with Crippen molar-refractivity contribution < 1.29 is 9.84 Å². The summed E-state index contributed by atoms with van der Waals surface area (Å²) in [4.78, 5) is 0. The van der Waals surface area contributed by atoms with Crippen molar-refractivity contribution >= 4 is 0 Å². The van der Waals surface area contributed by atoms with Crippen LogP contribution in [-0.2, 0) is 6.54 Å². The number of aryl methyl sites for hydroxylation is 1. The van der Waals surface area contributed by atoms with Crippen LogP contribution in [0.2, 0.25) is 0 Å². The molecule has 1 unspecified atom stereocenters. The van der Waals surface area contributed by atoms with E-state index in [9.17, 15) is 5.11 Å². The lowest BCUT2D eigenvalue weighted by atomic mass is 10.1. The van der Waals surface area contributed by atoms with E-state index in [1.807, 2.05) is 33.0 Å². The van der Waals surface area contributed by atoms with Gasteiger partial charge in [0.05, 0.1) is 6.10 Å². The second-order valence-corrected chi connectivity index (χ2v) is 4.76. The lowest BCUT2D eigenvalue weighted by Crippen LogP contribution is -2.23. The van der Waals surface area contributed by atoms with Crippen LogP contribution in [-0.4, -0.2) is 24.9 Å². The van der Waals surface area contributed by atoms with Gasteiger partial charge in [-0.1, -0.05) is 31.5 Å². The van der Waals surface area contributed by atoms with Gasteiger partial charge < -0.3 is 15.2 Å². The van der Waals surface area contributed by atoms with E-state index in [-0.39, 0.29) is 5.92 Å². The molecule has 2 N–H and O–H groups in total. The summed E-state index contributed by atoms with van der Waals surface area (Å²) in [5.74, 6) is 1.07.